The van der Waals surface area contributed by atoms with Gasteiger partial charge in [-0.15, -0.1) is 0 Å². The zero-order chi connectivity index (χ0) is 17.8. The third-order valence-electron chi connectivity index (χ3n) is 4.73. The summed E-state index contributed by atoms with van der Waals surface area (Å²) in [4.78, 5) is 32.8. The van der Waals surface area contributed by atoms with E-state index in [4.69, 9.17) is 4.74 Å². The number of aromatic nitrogens is 1. The molecular formula is C18H26N4O3. The average molecular weight is 346 g/mol. The van der Waals surface area contributed by atoms with E-state index in [0.717, 1.165) is 12.8 Å². The number of nitrogens with zero attached hydrogens (tertiary/aromatic N) is 3. The summed E-state index contributed by atoms with van der Waals surface area (Å²) in [6, 6.07) is 3.70. The number of rotatable bonds is 6. The summed E-state index contributed by atoms with van der Waals surface area (Å²) in [5.74, 6) is 0.600. The predicted octanol–water partition coefficient (Wildman–Crippen LogP) is 0.905. The van der Waals surface area contributed by atoms with Gasteiger partial charge < -0.3 is 15.0 Å². The highest BCUT2D eigenvalue weighted by atomic mass is 16.5. The Hall–Kier alpha value is -2.15. The number of hydrogen-bond acceptors (Lipinski definition) is 5. The number of amides is 2. The van der Waals surface area contributed by atoms with Gasteiger partial charge >= 0.3 is 0 Å². The largest absolute Gasteiger partial charge is 0.478 e. The van der Waals surface area contributed by atoms with Gasteiger partial charge in [0, 0.05) is 44.5 Å². The third-order valence-corrected chi connectivity index (χ3v) is 4.73. The minimum Gasteiger partial charge on any atom is -0.478 e. The SMILES string of the molecule is CCOc1ccc(C(=O)N2CCN(C(C)C(=O)NC3CC3)CC2)cn1. The van der Waals surface area contributed by atoms with Crippen LogP contribution in [0.4, 0.5) is 0 Å². The van der Waals surface area contributed by atoms with Crippen molar-refractivity contribution in [3.63, 3.8) is 0 Å². The fourth-order valence-electron chi connectivity index (χ4n) is 2.95. The molecule has 0 radical (unpaired) electrons. The topological polar surface area (TPSA) is 74.8 Å². The zero-order valence-electron chi connectivity index (χ0n) is 14.9. The highest BCUT2D eigenvalue weighted by Gasteiger charge is 2.31. The second-order valence-corrected chi connectivity index (χ2v) is 6.61. The van der Waals surface area contributed by atoms with Crippen LogP contribution in [0.2, 0.25) is 0 Å². The Morgan fingerprint density at radius 1 is 1.28 bits per heavy atom. The zero-order valence-corrected chi connectivity index (χ0v) is 14.9. The van der Waals surface area contributed by atoms with Gasteiger partial charge in [-0.25, -0.2) is 4.98 Å². The van der Waals surface area contributed by atoms with Crippen LogP contribution in [-0.4, -0.2) is 71.5 Å². The molecule has 1 N–H and O–H groups in total. The lowest BCUT2D eigenvalue weighted by molar-refractivity contribution is -0.126. The molecule has 25 heavy (non-hydrogen) atoms. The molecular weight excluding hydrogens is 320 g/mol. The molecule has 1 aromatic rings. The van der Waals surface area contributed by atoms with Crippen LogP contribution in [0.1, 0.15) is 37.0 Å². The molecule has 2 aliphatic rings. The molecule has 1 aliphatic heterocycles. The highest BCUT2D eigenvalue weighted by molar-refractivity contribution is 5.94. The molecule has 1 saturated heterocycles. The molecule has 1 aromatic heterocycles. The van der Waals surface area contributed by atoms with Crippen molar-refractivity contribution in [2.45, 2.75) is 38.8 Å². The first kappa shape index (κ1) is 17.7. The maximum Gasteiger partial charge on any atom is 0.255 e. The lowest BCUT2D eigenvalue weighted by Crippen LogP contribution is -2.55. The van der Waals surface area contributed by atoms with Crippen LogP contribution in [0.3, 0.4) is 0 Å². The summed E-state index contributed by atoms with van der Waals surface area (Å²) < 4.78 is 5.30. The fourth-order valence-corrected chi connectivity index (χ4v) is 2.95. The van der Waals surface area contributed by atoms with Gasteiger partial charge in [-0.3, -0.25) is 14.5 Å². The van der Waals surface area contributed by atoms with E-state index in [2.05, 4.69) is 15.2 Å². The van der Waals surface area contributed by atoms with Crippen molar-refractivity contribution in [2.75, 3.05) is 32.8 Å². The highest BCUT2D eigenvalue weighted by Crippen LogP contribution is 2.19. The Labute approximate surface area is 148 Å². The van der Waals surface area contributed by atoms with Gasteiger partial charge in [0.25, 0.3) is 5.91 Å². The van der Waals surface area contributed by atoms with Gasteiger partial charge in [0.15, 0.2) is 0 Å². The molecule has 3 rings (SSSR count). The second kappa shape index (κ2) is 7.82. The number of pyridine rings is 1. The average Bonchev–Trinajstić information content (AvgIpc) is 3.45. The Kier molecular flexibility index (Phi) is 5.53. The van der Waals surface area contributed by atoms with Crippen molar-refractivity contribution >= 4 is 11.8 Å². The van der Waals surface area contributed by atoms with Crippen molar-refractivity contribution in [2.24, 2.45) is 0 Å². The smallest absolute Gasteiger partial charge is 0.255 e. The molecule has 0 aromatic carbocycles. The quantitative estimate of drug-likeness (QED) is 0.829. The Bertz CT molecular complexity index is 607. The number of carbonyl (C=O) groups is 2. The van der Waals surface area contributed by atoms with Gasteiger partial charge in [-0.2, -0.15) is 0 Å². The van der Waals surface area contributed by atoms with Crippen LogP contribution in [0.25, 0.3) is 0 Å². The van der Waals surface area contributed by atoms with E-state index in [9.17, 15) is 9.59 Å². The monoisotopic (exact) mass is 346 g/mol. The van der Waals surface area contributed by atoms with E-state index in [1.807, 2.05) is 18.7 Å². The molecule has 1 aliphatic carbocycles. The number of carbonyl (C=O) groups excluding carboxylic acids is 2. The first-order valence-electron chi connectivity index (χ1n) is 9.01. The standard InChI is InChI=1S/C18H26N4O3/c1-3-25-16-7-4-14(12-19-16)18(24)22-10-8-21(9-11-22)13(2)17(23)20-15-5-6-15/h4,7,12-13,15H,3,5-6,8-11H2,1-2H3,(H,20,23). The first-order chi connectivity index (χ1) is 12.1. The molecule has 1 unspecified atom stereocenters. The number of nitrogens with one attached hydrogen (secondary N) is 1. The van der Waals surface area contributed by atoms with E-state index in [0.29, 0.717) is 50.3 Å². The van der Waals surface area contributed by atoms with E-state index >= 15 is 0 Å². The van der Waals surface area contributed by atoms with Crippen LogP contribution in [0.5, 0.6) is 5.88 Å². The van der Waals surface area contributed by atoms with E-state index in [1.54, 1.807) is 18.3 Å². The molecule has 7 nitrogen and oxygen atoms in total. The van der Waals surface area contributed by atoms with Crippen LogP contribution in [0.15, 0.2) is 18.3 Å². The van der Waals surface area contributed by atoms with Gasteiger partial charge in [0.1, 0.15) is 0 Å². The molecule has 2 amide bonds. The number of hydrogen-bond donors (Lipinski definition) is 1. The molecule has 1 saturated carbocycles. The molecule has 0 bridgehead atoms. The van der Waals surface area contributed by atoms with Crippen LogP contribution >= 0.6 is 0 Å². The van der Waals surface area contributed by atoms with Gasteiger partial charge in [0.05, 0.1) is 18.2 Å². The Morgan fingerprint density at radius 3 is 2.56 bits per heavy atom. The summed E-state index contributed by atoms with van der Waals surface area (Å²) in [5.41, 5.74) is 0.566. The van der Waals surface area contributed by atoms with Gasteiger partial charge in [0.2, 0.25) is 11.8 Å². The minimum atomic E-state index is -0.148. The van der Waals surface area contributed by atoms with Crippen molar-refractivity contribution in [1.82, 2.24) is 20.1 Å². The third kappa shape index (κ3) is 4.48. The summed E-state index contributed by atoms with van der Waals surface area (Å²) in [5, 5.41) is 3.05. The molecule has 2 fully saturated rings. The number of piperazine rings is 1. The van der Waals surface area contributed by atoms with Crippen molar-refractivity contribution in [3.05, 3.63) is 23.9 Å². The lowest BCUT2D eigenvalue weighted by Gasteiger charge is -2.37. The molecule has 0 spiro atoms. The lowest BCUT2D eigenvalue weighted by atomic mass is 10.2. The van der Waals surface area contributed by atoms with Crippen molar-refractivity contribution in [3.8, 4) is 5.88 Å². The van der Waals surface area contributed by atoms with Crippen molar-refractivity contribution in [1.29, 1.82) is 0 Å². The second-order valence-electron chi connectivity index (χ2n) is 6.61. The van der Waals surface area contributed by atoms with Crippen LogP contribution in [0, 0.1) is 0 Å². The van der Waals surface area contributed by atoms with E-state index in [1.165, 1.54) is 0 Å². The summed E-state index contributed by atoms with van der Waals surface area (Å²) in [7, 11) is 0. The Morgan fingerprint density at radius 2 is 2.00 bits per heavy atom. The summed E-state index contributed by atoms with van der Waals surface area (Å²) in [6.07, 6.45) is 3.75. The summed E-state index contributed by atoms with van der Waals surface area (Å²) in [6.45, 7) is 7.03. The van der Waals surface area contributed by atoms with Crippen molar-refractivity contribution < 1.29 is 14.3 Å². The van der Waals surface area contributed by atoms with Crippen LogP contribution < -0.4 is 10.1 Å². The van der Waals surface area contributed by atoms with Gasteiger partial charge in [-0.1, -0.05) is 0 Å². The molecule has 1 atom stereocenters. The normalized spacial score (nSPS) is 19.4. The van der Waals surface area contributed by atoms with Gasteiger partial charge in [-0.05, 0) is 32.8 Å². The van der Waals surface area contributed by atoms with E-state index < -0.39 is 0 Å². The Balaban J connectivity index is 1.50. The fraction of sp³-hybridized carbons (Fsp3) is 0.611. The first-order valence-corrected chi connectivity index (χ1v) is 9.01. The maximum absolute atomic E-state index is 12.6. The summed E-state index contributed by atoms with van der Waals surface area (Å²) >= 11 is 0. The van der Waals surface area contributed by atoms with Crippen LogP contribution in [-0.2, 0) is 4.79 Å². The predicted molar refractivity (Wildman–Crippen MR) is 93.5 cm³/mol. The minimum absolute atomic E-state index is 0.0229. The molecule has 2 heterocycles. The maximum atomic E-state index is 12.6. The molecule has 7 heteroatoms. The van der Waals surface area contributed by atoms with E-state index in [-0.39, 0.29) is 17.9 Å². The number of ether oxygens (including phenoxy) is 1. The molecule has 136 valence electrons.